The van der Waals surface area contributed by atoms with Crippen LogP contribution in [0.5, 0.6) is 0 Å². The molecule has 0 aromatic rings. The highest BCUT2D eigenvalue weighted by Gasteiger charge is 2.58. The summed E-state index contributed by atoms with van der Waals surface area (Å²) in [5, 5.41) is 17.8. The van der Waals surface area contributed by atoms with Crippen molar-refractivity contribution in [2.75, 3.05) is 0 Å². The fourth-order valence-corrected chi connectivity index (χ4v) is 4.58. The van der Waals surface area contributed by atoms with E-state index in [9.17, 15) is 9.90 Å². The van der Waals surface area contributed by atoms with Gasteiger partial charge in [0.25, 0.3) is 0 Å². The Bertz CT molecular complexity index is 265. The van der Waals surface area contributed by atoms with Crippen LogP contribution in [-0.4, -0.2) is 35.2 Å². The van der Waals surface area contributed by atoms with Crippen molar-refractivity contribution < 1.29 is 15.0 Å². The molecule has 0 heterocycles. The Morgan fingerprint density at radius 2 is 1.87 bits per heavy atom. The van der Waals surface area contributed by atoms with Crippen LogP contribution in [0.1, 0.15) is 6.42 Å². The summed E-state index contributed by atoms with van der Waals surface area (Å²) in [6, 6.07) is 0. The van der Waals surface area contributed by atoms with Gasteiger partial charge in [-0.25, -0.2) is 0 Å². The smallest absolute Gasteiger partial charge is 0.310 e. The van der Waals surface area contributed by atoms with E-state index in [1.807, 2.05) is 0 Å². The fraction of sp³-hybridized carbons (Fsp3) is 0.857. The van der Waals surface area contributed by atoms with Crippen molar-refractivity contribution in [1.29, 1.82) is 0 Å². The van der Waals surface area contributed by atoms with Gasteiger partial charge in [-0.05, 0) is 0 Å². The fourth-order valence-electron chi connectivity index (χ4n) is 1.46. The minimum atomic E-state index is -1.55. The molecule has 1 saturated carbocycles. The van der Waals surface area contributed by atoms with Crippen LogP contribution in [0, 0.1) is 5.92 Å². The predicted octanol–water partition coefficient (Wildman–Crippen LogP) is 2.72. The molecular formula is C7H7Br2Cl3O3. The Morgan fingerprint density at radius 3 is 2.27 bits per heavy atom. The van der Waals surface area contributed by atoms with Gasteiger partial charge in [0.1, 0.15) is 19.6 Å². The van der Waals surface area contributed by atoms with Crippen molar-refractivity contribution in [1.82, 2.24) is 0 Å². The van der Waals surface area contributed by atoms with Crippen LogP contribution in [0.25, 0.3) is 0 Å². The average molecular weight is 405 g/mol. The van der Waals surface area contributed by atoms with E-state index in [0.29, 0.717) is 0 Å². The Hall–Kier alpha value is 1.26. The summed E-state index contributed by atoms with van der Waals surface area (Å²) in [7, 11) is 0. The minimum absolute atomic E-state index is 0.0855. The minimum Gasteiger partial charge on any atom is -0.481 e. The standard InChI is InChI=1S/C7H7Br2Cl3O3/c8-6(9)1-7(11,12)4(13)2(3(6)10)5(14)15/h2-4,13H,1H2,(H,14,15). The van der Waals surface area contributed by atoms with Gasteiger partial charge in [-0.1, -0.05) is 55.1 Å². The zero-order valence-corrected chi connectivity index (χ0v) is 12.6. The van der Waals surface area contributed by atoms with Gasteiger partial charge < -0.3 is 10.2 Å². The van der Waals surface area contributed by atoms with Crippen LogP contribution in [0.4, 0.5) is 0 Å². The lowest BCUT2D eigenvalue weighted by molar-refractivity contribution is -0.147. The Balaban J connectivity index is 3.09. The van der Waals surface area contributed by atoms with E-state index in [-0.39, 0.29) is 6.42 Å². The topological polar surface area (TPSA) is 57.5 Å². The first-order valence-electron chi connectivity index (χ1n) is 3.90. The Labute approximate surface area is 118 Å². The zero-order valence-electron chi connectivity index (χ0n) is 7.13. The number of aliphatic hydroxyl groups is 1. The van der Waals surface area contributed by atoms with Crippen molar-refractivity contribution in [3.05, 3.63) is 0 Å². The number of rotatable bonds is 1. The Morgan fingerprint density at radius 1 is 1.40 bits per heavy atom. The molecule has 3 nitrogen and oxygen atoms in total. The maximum atomic E-state index is 10.9. The first kappa shape index (κ1) is 14.3. The van der Waals surface area contributed by atoms with Gasteiger partial charge in [0.05, 0.1) is 5.38 Å². The van der Waals surface area contributed by atoms with Crippen LogP contribution >= 0.6 is 66.7 Å². The average Bonchev–Trinajstić information content (AvgIpc) is 1.99. The summed E-state index contributed by atoms with van der Waals surface area (Å²) in [5.74, 6) is -2.48. The third kappa shape index (κ3) is 2.75. The molecule has 0 radical (unpaired) electrons. The van der Waals surface area contributed by atoms with Gasteiger partial charge in [0.2, 0.25) is 0 Å². The molecule has 0 aromatic heterocycles. The number of alkyl halides is 5. The van der Waals surface area contributed by atoms with Crippen molar-refractivity contribution in [3.8, 4) is 0 Å². The van der Waals surface area contributed by atoms with E-state index in [1.165, 1.54) is 0 Å². The van der Waals surface area contributed by atoms with Crippen molar-refractivity contribution >= 4 is 72.6 Å². The number of aliphatic carboxylic acids is 1. The first-order chi connectivity index (χ1) is 6.59. The lowest BCUT2D eigenvalue weighted by Crippen LogP contribution is -2.57. The number of aliphatic hydroxyl groups excluding tert-OH is 1. The van der Waals surface area contributed by atoms with Crippen LogP contribution < -0.4 is 0 Å². The van der Waals surface area contributed by atoms with Gasteiger partial charge in [0.15, 0.2) is 0 Å². The molecular weight excluding hydrogens is 398 g/mol. The lowest BCUT2D eigenvalue weighted by atomic mass is 9.85. The lowest BCUT2D eigenvalue weighted by Gasteiger charge is -2.44. The highest BCUT2D eigenvalue weighted by molar-refractivity contribution is 9.25. The number of hydrogen-bond donors (Lipinski definition) is 2. The Kier molecular flexibility index (Phi) is 4.30. The molecule has 0 bridgehead atoms. The molecule has 0 aromatic carbocycles. The van der Waals surface area contributed by atoms with Crippen LogP contribution in [0.2, 0.25) is 0 Å². The maximum absolute atomic E-state index is 10.9. The second-order valence-corrected chi connectivity index (χ2v) is 9.32. The summed E-state index contributed by atoms with van der Waals surface area (Å²) in [6.45, 7) is 0. The van der Waals surface area contributed by atoms with Crippen molar-refractivity contribution in [2.45, 2.75) is 25.5 Å². The molecule has 88 valence electrons. The molecule has 8 heteroatoms. The SMILES string of the molecule is O=C(O)C1C(O)C(Cl)(Cl)CC(Br)(Br)C1Cl. The molecule has 0 amide bonds. The monoisotopic (exact) mass is 402 g/mol. The number of carboxylic acids is 1. The van der Waals surface area contributed by atoms with Crippen LogP contribution in [-0.2, 0) is 4.79 Å². The van der Waals surface area contributed by atoms with E-state index in [1.54, 1.807) is 0 Å². The van der Waals surface area contributed by atoms with E-state index in [2.05, 4.69) is 31.9 Å². The summed E-state index contributed by atoms with van der Waals surface area (Å²) < 4.78 is -2.46. The van der Waals surface area contributed by atoms with E-state index in [4.69, 9.17) is 39.9 Å². The van der Waals surface area contributed by atoms with Crippen molar-refractivity contribution in [3.63, 3.8) is 0 Å². The summed E-state index contributed by atoms with van der Waals surface area (Å²) in [4.78, 5) is 10.9. The summed E-state index contributed by atoms with van der Waals surface area (Å²) in [5.41, 5.74) is 0. The number of carboxylic acid groups (broad SMARTS) is 1. The van der Waals surface area contributed by atoms with E-state index in [0.717, 1.165) is 0 Å². The van der Waals surface area contributed by atoms with Gasteiger partial charge >= 0.3 is 5.97 Å². The molecule has 0 saturated heterocycles. The first-order valence-corrected chi connectivity index (χ1v) is 6.68. The van der Waals surface area contributed by atoms with E-state index < -0.39 is 30.9 Å². The maximum Gasteiger partial charge on any atom is 0.310 e. The molecule has 0 spiro atoms. The quantitative estimate of drug-likeness (QED) is 0.660. The highest BCUT2D eigenvalue weighted by atomic mass is 79.9. The second kappa shape index (κ2) is 4.50. The van der Waals surface area contributed by atoms with Gasteiger partial charge in [-0.15, -0.1) is 11.6 Å². The molecule has 1 aliphatic carbocycles. The second-order valence-electron chi connectivity index (χ2n) is 3.41. The molecule has 1 aliphatic rings. The number of halogens is 5. The van der Waals surface area contributed by atoms with Gasteiger partial charge in [-0.3, -0.25) is 4.79 Å². The van der Waals surface area contributed by atoms with Gasteiger partial charge in [0, 0.05) is 6.42 Å². The predicted molar refractivity (Wildman–Crippen MR) is 66.4 cm³/mol. The molecule has 3 atom stereocenters. The molecule has 1 rings (SSSR count). The molecule has 15 heavy (non-hydrogen) atoms. The molecule has 3 unspecified atom stereocenters. The highest BCUT2D eigenvalue weighted by Crippen LogP contribution is 2.54. The molecule has 2 N–H and O–H groups in total. The van der Waals surface area contributed by atoms with Crippen molar-refractivity contribution in [2.24, 2.45) is 5.92 Å². The third-order valence-corrected chi connectivity index (χ3v) is 5.68. The molecule has 0 aliphatic heterocycles. The molecule has 1 fully saturated rings. The van der Waals surface area contributed by atoms with Gasteiger partial charge in [-0.2, -0.15) is 0 Å². The number of carbonyl (C=O) groups is 1. The zero-order chi connectivity index (χ0) is 12.0. The van der Waals surface area contributed by atoms with E-state index >= 15 is 0 Å². The normalized spacial score (nSPS) is 38.7. The largest absolute Gasteiger partial charge is 0.481 e. The van der Waals surface area contributed by atoms with Crippen LogP contribution in [0.15, 0.2) is 0 Å². The summed E-state index contributed by atoms with van der Waals surface area (Å²) >= 11 is 24.1. The number of hydrogen-bond acceptors (Lipinski definition) is 2. The summed E-state index contributed by atoms with van der Waals surface area (Å²) in [6.07, 6.45) is -1.33. The third-order valence-electron chi connectivity index (χ3n) is 2.25. The van der Waals surface area contributed by atoms with Crippen LogP contribution in [0.3, 0.4) is 0 Å².